The highest BCUT2D eigenvalue weighted by molar-refractivity contribution is 7.54. The second-order valence-corrected chi connectivity index (χ2v) is 11.4. The number of ketones is 1. The highest BCUT2D eigenvalue weighted by Gasteiger charge is 2.43. The highest BCUT2D eigenvalue weighted by Crippen LogP contribution is 2.50. The topological polar surface area (TPSA) is 74.6 Å². The molecule has 1 aromatic carbocycles. The van der Waals surface area contributed by atoms with Crippen LogP contribution in [0.15, 0.2) is 24.3 Å². The molecule has 0 radical (unpaired) electrons. The highest BCUT2D eigenvalue weighted by atomic mass is 31.2. The second-order valence-electron chi connectivity index (χ2n) is 9.14. The molecule has 140 valence electrons. The molecule has 0 aliphatic rings. The second kappa shape index (κ2) is 6.83. The van der Waals surface area contributed by atoms with Crippen LogP contribution in [0.3, 0.4) is 0 Å². The lowest BCUT2D eigenvalue weighted by Crippen LogP contribution is -2.29. The van der Waals surface area contributed by atoms with Crippen molar-refractivity contribution < 1.29 is 19.1 Å². The number of rotatable bonds is 4. The van der Waals surface area contributed by atoms with E-state index < -0.39 is 18.5 Å². The van der Waals surface area contributed by atoms with Crippen LogP contribution in [-0.2, 0) is 20.2 Å². The molecule has 25 heavy (non-hydrogen) atoms. The SMILES string of the molecule is CC(C)(C)c1cc(C=CC(=O)C(C)(C)P(=O)(O)O)cc(C(C)(C)C)c1. The molecule has 0 amide bonds. The van der Waals surface area contributed by atoms with Gasteiger partial charge < -0.3 is 9.79 Å². The van der Waals surface area contributed by atoms with Gasteiger partial charge in [0.1, 0.15) is 5.16 Å². The molecule has 0 bridgehead atoms. The van der Waals surface area contributed by atoms with Gasteiger partial charge in [-0.05, 0) is 47.4 Å². The number of benzene rings is 1. The average Bonchev–Trinajstić information content (AvgIpc) is 2.41. The molecule has 0 unspecified atom stereocenters. The first-order valence-electron chi connectivity index (χ1n) is 8.40. The number of allylic oxidation sites excluding steroid dienone is 1. The third kappa shape index (κ3) is 5.37. The maximum atomic E-state index is 12.3. The van der Waals surface area contributed by atoms with Gasteiger partial charge in [-0.3, -0.25) is 9.36 Å². The maximum absolute atomic E-state index is 12.3. The van der Waals surface area contributed by atoms with E-state index in [1.807, 2.05) is 12.1 Å². The van der Waals surface area contributed by atoms with Crippen molar-refractivity contribution in [3.63, 3.8) is 0 Å². The lowest BCUT2D eigenvalue weighted by atomic mass is 9.79. The molecule has 0 saturated heterocycles. The molecule has 0 aliphatic carbocycles. The van der Waals surface area contributed by atoms with E-state index in [1.165, 1.54) is 19.9 Å². The van der Waals surface area contributed by atoms with Crippen LogP contribution < -0.4 is 0 Å². The molecule has 1 rings (SSSR count). The molecule has 5 heteroatoms. The Bertz CT molecular complexity index is 693. The summed E-state index contributed by atoms with van der Waals surface area (Å²) < 4.78 is 11.5. The lowest BCUT2D eigenvalue weighted by molar-refractivity contribution is -0.116. The van der Waals surface area contributed by atoms with Crippen LogP contribution in [0, 0.1) is 0 Å². The molecule has 0 saturated carbocycles. The molecule has 2 N–H and O–H groups in total. The van der Waals surface area contributed by atoms with E-state index in [2.05, 4.69) is 47.6 Å². The van der Waals surface area contributed by atoms with Crippen LogP contribution in [0.5, 0.6) is 0 Å². The van der Waals surface area contributed by atoms with Crippen LogP contribution in [0.2, 0.25) is 0 Å². The van der Waals surface area contributed by atoms with Crippen molar-refractivity contribution in [2.24, 2.45) is 0 Å². The molecule has 0 heterocycles. The molecular formula is C20H31O4P. The van der Waals surface area contributed by atoms with Gasteiger partial charge in [-0.15, -0.1) is 0 Å². The number of carbonyl (C=O) groups is 1. The third-order valence-electron chi connectivity index (χ3n) is 4.45. The van der Waals surface area contributed by atoms with Gasteiger partial charge in [0.2, 0.25) is 0 Å². The summed E-state index contributed by atoms with van der Waals surface area (Å²) >= 11 is 0. The Balaban J connectivity index is 3.35. The molecule has 0 aromatic heterocycles. The van der Waals surface area contributed by atoms with E-state index in [0.29, 0.717) is 0 Å². The standard InChI is InChI=1S/C20H31O4P/c1-18(2,3)15-11-14(12-16(13-15)19(4,5)6)9-10-17(21)20(7,8)25(22,23)24/h9-13H,1-8H3,(H2,22,23,24). The zero-order chi connectivity index (χ0) is 19.8. The fourth-order valence-corrected chi connectivity index (χ4v) is 2.49. The number of carbonyl (C=O) groups excluding carboxylic acids is 1. The van der Waals surface area contributed by atoms with Crippen LogP contribution in [0.4, 0.5) is 0 Å². The summed E-state index contributed by atoms with van der Waals surface area (Å²) in [5.41, 5.74) is 3.08. The fraction of sp³-hybridized carbons (Fsp3) is 0.550. The largest absolute Gasteiger partial charge is 0.338 e. The van der Waals surface area contributed by atoms with Gasteiger partial charge in [0.25, 0.3) is 0 Å². The minimum Gasteiger partial charge on any atom is -0.324 e. The average molecular weight is 366 g/mol. The summed E-state index contributed by atoms with van der Waals surface area (Å²) in [7, 11) is -4.52. The number of hydrogen-bond acceptors (Lipinski definition) is 2. The van der Waals surface area contributed by atoms with E-state index in [4.69, 9.17) is 0 Å². The van der Waals surface area contributed by atoms with Crippen LogP contribution >= 0.6 is 7.60 Å². The van der Waals surface area contributed by atoms with Crippen LogP contribution in [0.25, 0.3) is 6.08 Å². The van der Waals surface area contributed by atoms with Crippen molar-refractivity contribution in [1.29, 1.82) is 0 Å². The van der Waals surface area contributed by atoms with Gasteiger partial charge in [-0.2, -0.15) is 0 Å². The Hall–Kier alpha value is -1.22. The first-order chi connectivity index (χ1) is 11.0. The molecule has 0 spiro atoms. The minimum atomic E-state index is -4.52. The van der Waals surface area contributed by atoms with Crippen LogP contribution in [-0.4, -0.2) is 20.7 Å². The Labute approximate surface area is 151 Å². The summed E-state index contributed by atoms with van der Waals surface area (Å²) in [6.07, 6.45) is 2.91. The molecule has 4 nitrogen and oxygen atoms in total. The molecule has 0 fully saturated rings. The van der Waals surface area contributed by atoms with Crippen molar-refractivity contribution in [2.45, 2.75) is 71.4 Å². The van der Waals surface area contributed by atoms with Crippen molar-refractivity contribution in [2.75, 3.05) is 0 Å². The third-order valence-corrected chi connectivity index (χ3v) is 6.12. The van der Waals surface area contributed by atoms with Gasteiger partial charge in [-0.1, -0.05) is 65.8 Å². The lowest BCUT2D eigenvalue weighted by Gasteiger charge is -2.26. The maximum Gasteiger partial charge on any atom is 0.338 e. The summed E-state index contributed by atoms with van der Waals surface area (Å²) in [6, 6.07) is 6.21. The summed E-state index contributed by atoms with van der Waals surface area (Å²) in [6.45, 7) is 15.3. The van der Waals surface area contributed by atoms with Gasteiger partial charge in [0.15, 0.2) is 5.78 Å². The predicted molar refractivity (Wildman–Crippen MR) is 104 cm³/mol. The van der Waals surface area contributed by atoms with E-state index in [1.54, 1.807) is 6.08 Å². The summed E-state index contributed by atoms with van der Waals surface area (Å²) in [5, 5.41) is -1.72. The Morgan fingerprint density at radius 1 is 0.880 bits per heavy atom. The van der Waals surface area contributed by atoms with Crippen molar-refractivity contribution in [1.82, 2.24) is 0 Å². The Morgan fingerprint density at radius 2 is 1.28 bits per heavy atom. The van der Waals surface area contributed by atoms with E-state index in [0.717, 1.165) is 16.7 Å². The van der Waals surface area contributed by atoms with Gasteiger partial charge >= 0.3 is 7.60 Å². The normalized spacial score (nSPS) is 14.2. The minimum absolute atomic E-state index is 0.0426. The van der Waals surface area contributed by atoms with E-state index >= 15 is 0 Å². The quantitative estimate of drug-likeness (QED) is 0.592. The van der Waals surface area contributed by atoms with Crippen molar-refractivity contribution >= 4 is 19.5 Å². The smallest absolute Gasteiger partial charge is 0.324 e. The Kier molecular flexibility index (Phi) is 5.96. The molecule has 1 aromatic rings. The first kappa shape index (κ1) is 21.8. The summed E-state index contributed by atoms with van der Waals surface area (Å²) in [4.78, 5) is 31.0. The summed E-state index contributed by atoms with van der Waals surface area (Å²) in [5.74, 6) is -0.584. The van der Waals surface area contributed by atoms with Gasteiger partial charge in [-0.25, -0.2) is 0 Å². The molecule has 0 atom stereocenters. The molecular weight excluding hydrogens is 335 g/mol. The Morgan fingerprint density at radius 3 is 1.60 bits per heavy atom. The fourth-order valence-electron chi connectivity index (χ4n) is 2.13. The van der Waals surface area contributed by atoms with Crippen LogP contribution in [0.1, 0.15) is 72.1 Å². The monoisotopic (exact) mass is 366 g/mol. The first-order valence-corrected chi connectivity index (χ1v) is 10.0. The van der Waals surface area contributed by atoms with Crippen molar-refractivity contribution in [3.05, 3.63) is 41.0 Å². The van der Waals surface area contributed by atoms with E-state index in [-0.39, 0.29) is 10.8 Å². The molecule has 0 aliphatic heterocycles. The number of hydrogen-bond donors (Lipinski definition) is 2. The van der Waals surface area contributed by atoms with Gasteiger partial charge in [0.05, 0.1) is 0 Å². The zero-order valence-electron chi connectivity index (χ0n) is 16.5. The van der Waals surface area contributed by atoms with Gasteiger partial charge in [0, 0.05) is 0 Å². The zero-order valence-corrected chi connectivity index (χ0v) is 17.4. The predicted octanol–water partition coefficient (Wildman–Crippen LogP) is 4.82. The van der Waals surface area contributed by atoms with Crippen molar-refractivity contribution in [3.8, 4) is 0 Å². The van der Waals surface area contributed by atoms with E-state index in [9.17, 15) is 19.1 Å².